The molecule has 3 atom stereocenters. The van der Waals surface area contributed by atoms with Crippen LogP contribution < -0.4 is 10.1 Å². The second-order valence-corrected chi connectivity index (χ2v) is 6.35. The highest BCUT2D eigenvalue weighted by Crippen LogP contribution is 2.34. The molecule has 4 rings (SSSR count). The van der Waals surface area contributed by atoms with Crippen LogP contribution in [0.5, 0.6) is 11.5 Å². The van der Waals surface area contributed by atoms with E-state index in [2.05, 4.69) is 23.5 Å². The lowest BCUT2D eigenvalue weighted by molar-refractivity contribution is -0.112. The van der Waals surface area contributed by atoms with Gasteiger partial charge in [0.1, 0.15) is 11.5 Å². The standard InChI is InChI=1S/C19H22N2O2/c1-21-19-11-18(20-12-15(19)13-22-21)14-6-5-9-17(10-14)23-16-7-3-2-4-8-16/h2-10,15,18-20H,11-13H2,1H3/t15-,18-,19-/m0/s1. The maximum absolute atomic E-state index is 5.95. The van der Waals surface area contributed by atoms with Crippen LogP contribution >= 0.6 is 0 Å². The van der Waals surface area contributed by atoms with Gasteiger partial charge in [0.25, 0.3) is 0 Å². The topological polar surface area (TPSA) is 33.7 Å². The molecule has 0 amide bonds. The van der Waals surface area contributed by atoms with Gasteiger partial charge >= 0.3 is 0 Å². The number of nitrogens with zero attached hydrogens (tertiary/aromatic N) is 1. The molecule has 0 bridgehead atoms. The van der Waals surface area contributed by atoms with Crippen molar-refractivity contribution < 1.29 is 9.57 Å². The molecular formula is C19H22N2O2. The number of piperidine rings is 1. The van der Waals surface area contributed by atoms with E-state index < -0.39 is 0 Å². The second kappa shape index (κ2) is 6.32. The van der Waals surface area contributed by atoms with Crippen molar-refractivity contribution in [2.24, 2.45) is 5.92 Å². The smallest absolute Gasteiger partial charge is 0.127 e. The largest absolute Gasteiger partial charge is 0.457 e. The predicted octanol–water partition coefficient (Wildman–Crippen LogP) is 3.38. The maximum atomic E-state index is 5.95. The molecule has 2 fully saturated rings. The number of fused-ring (bicyclic) bond motifs is 1. The fraction of sp³-hybridized carbons (Fsp3) is 0.368. The van der Waals surface area contributed by atoms with E-state index in [0.29, 0.717) is 18.0 Å². The lowest BCUT2D eigenvalue weighted by Crippen LogP contribution is -2.44. The lowest BCUT2D eigenvalue weighted by Gasteiger charge is -2.34. The molecule has 1 N–H and O–H groups in total. The third-order valence-electron chi connectivity index (χ3n) is 4.85. The van der Waals surface area contributed by atoms with Crippen LogP contribution in [0.3, 0.4) is 0 Å². The van der Waals surface area contributed by atoms with Crippen molar-refractivity contribution in [1.82, 2.24) is 10.4 Å². The van der Waals surface area contributed by atoms with Crippen molar-refractivity contribution in [3.05, 3.63) is 60.2 Å². The molecule has 23 heavy (non-hydrogen) atoms. The molecule has 2 aromatic carbocycles. The number of hydrogen-bond acceptors (Lipinski definition) is 4. The summed E-state index contributed by atoms with van der Waals surface area (Å²) in [4.78, 5) is 5.66. The number of ether oxygens (including phenoxy) is 1. The average Bonchev–Trinajstić information content (AvgIpc) is 2.97. The van der Waals surface area contributed by atoms with Crippen LogP contribution in [0.25, 0.3) is 0 Å². The van der Waals surface area contributed by atoms with Crippen molar-refractivity contribution in [3.8, 4) is 11.5 Å². The predicted molar refractivity (Wildman–Crippen MR) is 89.3 cm³/mol. The van der Waals surface area contributed by atoms with Gasteiger partial charge < -0.3 is 10.1 Å². The van der Waals surface area contributed by atoms with Gasteiger partial charge in [-0.25, -0.2) is 0 Å². The van der Waals surface area contributed by atoms with Crippen LogP contribution in [0.15, 0.2) is 54.6 Å². The fourth-order valence-corrected chi connectivity index (χ4v) is 3.54. The molecule has 2 aliphatic rings. The molecule has 120 valence electrons. The van der Waals surface area contributed by atoms with Gasteiger partial charge in [-0.3, -0.25) is 4.84 Å². The minimum atomic E-state index is 0.347. The summed E-state index contributed by atoms with van der Waals surface area (Å²) in [5.41, 5.74) is 1.28. The number of hydroxylamine groups is 2. The summed E-state index contributed by atoms with van der Waals surface area (Å²) in [7, 11) is 2.04. The normalized spacial score (nSPS) is 27.6. The zero-order valence-corrected chi connectivity index (χ0v) is 13.3. The van der Waals surface area contributed by atoms with E-state index in [4.69, 9.17) is 9.57 Å². The molecule has 0 aliphatic carbocycles. The van der Waals surface area contributed by atoms with E-state index >= 15 is 0 Å². The van der Waals surface area contributed by atoms with E-state index in [1.54, 1.807) is 0 Å². The van der Waals surface area contributed by atoms with Crippen molar-refractivity contribution in [1.29, 1.82) is 0 Å². The summed E-state index contributed by atoms with van der Waals surface area (Å²) in [5.74, 6) is 2.35. The minimum absolute atomic E-state index is 0.347. The number of benzene rings is 2. The number of hydrogen-bond donors (Lipinski definition) is 1. The first kappa shape index (κ1) is 14.7. The van der Waals surface area contributed by atoms with Crippen molar-refractivity contribution in [2.75, 3.05) is 20.2 Å². The first-order chi connectivity index (χ1) is 11.3. The zero-order chi connectivity index (χ0) is 15.6. The first-order valence-electron chi connectivity index (χ1n) is 8.21. The van der Waals surface area contributed by atoms with E-state index in [1.165, 1.54) is 5.56 Å². The van der Waals surface area contributed by atoms with Gasteiger partial charge in [-0.05, 0) is 36.2 Å². The molecule has 2 saturated heterocycles. The third kappa shape index (κ3) is 3.11. The van der Waals surface area contributed by atoms with Gasteiger partial charge in [0.2, 0.25) is 0 Å². The molecule has 0 saturated carbocycles. The summed E-state index contributed by atoms with van der Waals surface area (Å²) >= 11 is 0. The second-order valence-electron chi connectivity index (χ2n) is 6.35. The summed E-state index contributed by atoms with van der Waals surface area (Å²) in [6.07, 6.45) is 1.07. The quantitative estimate of drug-likeness (QED) is 0.942. The molecule has 2 heterocycles. The average molecular weight is 310 g/mol. The van der Waals surface area contributed by atoms with Gasteiger partial charge in [0.05, 0.1) is 6.61 Å². The van der Waals surface area contributed by atoms with Gasteiger partial charge in [0, 0.05) is 31.6 Å². The molecule has 4 heteroatoms. The molecule has 4 nitrogen and oxygen atoms in total. The summed E-state index contributed by atoms with van der Waals surface area (Å²) < 4.78 is 5.95. The monoisotopic (exact) mass is 310 g/mol. The van der Waals surface area contributed by atoms with E-state index in [-0.39, 0.29) is 0 Å². The van der Waals surface area contributed by atoms with Crippen molar-refractivity contribution in [2.45, 2.75) is 18.5 Å². The van der Waals surface area contributed by atoms with Gasteiger partial charge in [-0.1, -0.05) is 30.3 Å². The minimum Gasteiger partial charge on any atom is -0.457 e. The highest BCUT2D eigenvalue weighted by molar-refractivity contribution is 5.35. The van der Waals surface area contributed by atoms with E-state index in [9.17, 15) is 0 Å². The Labute approximate surface area is 137 Å². The fourth-order valence-electron chi connectivity index (χ4n) is 3.54. The molecule has 0 radical (unpaired) electrons. The molecule has 0 unspecified atom stereocenters. The van der Waals surface area contributed by atoms with Crippen LogP contribution in [0, 0.1) is 5.92 Å². The Balaban J connectivity index is 1.50. The summed E-state index contributed by atoms with van der Waals surface area (Å²) in [6.45, 7) is 1.83. The van der Waals surface area contributed by atoms with Crippen LogP contribution in [-0.4, -0.2) is 31.3 Å². The molecule has 2 aromatic rings. The Morgan fingerprint density at radius 2 is 1.91 bits per heavy atom. The SMILES string of the molecule is CN1OC[C@@H]2CN[C@H](c3cccc(Oc4ccccc4)c3)C[C@@H]21. The van der Waals surface area contributed by atoms with Gasteiger partial charge in [-0.15, -0.1) is 0 Å². The molecule has 0 spiro atoms. The Hall–Kier alpha value is -1.88. The Bertz CT molecular complexity index is 661. The van der Waals surface area contributed by atoms with Crippen molar-refractivity contribution in [3.63, 3.8) is 0 Å². The van der Waals surface area contributed by atoms with Crippen molar-refractivity contribution >= 4 is 0 Å². The molecule has 2 aliphatic heterocycles. The summed E-state index contributed by atoms with van der Waals surface area (Å²) in [6, 6.07) is 19.1. The molecule has 0 aromatic heterocycles. The Kier molecular flexibility index (Phi) is 4.04. The van der Waals surface area contributed by atoms with Crippen LogP contribution in [0.2, 0.25) is 0 Å². The Morgan fingerprint density at radius 3 is 2.78 bits per heavy atom. The van der Waals surface area contributed by atoms with E-state index in [1.807, 2.05) is 48.5 Å². The van der Waals surface area contributed by atoms with Crippen LogP contribution in [-0.2, 0) is 4.84 Å². The number of rotatable bonds is 3. The maximum Gasteiger partial charge on any atom is 0.127 e. The highest BCUT2D eigenvalue weighted by Gasteiger charge is 2.38. The number of para-hydroxylation sites is 1. The highest BCUT2D eigenvalue weighted by atomic mass is 16.7. The van der Waals surface area contributed by atoms with Gasteiger partial charge in [0.15, 0.2) is 0 Å². The lowest BCUT2D eigenvalue weighted by atomic mass is 9.87. The Morgan fingerprint density at radius 1 is 1.09 bits per heavy atom. The first-order valence-corrected chi connectivity index (χ1v) is 8.21. The van der Waals surface area contributed by atoms with Gasteiger partial charge in [-0.2, -0.15) is 5.06 Å². The summed E-state index contributed by atoms with van der Waals surface area (Å²) in [5, 5.41) is 5.69. The van der Waals surface area contributed by atoms with Crippen LogP contribution in [0.4, 0.5) is 0 Å². The number of nitrogens with one attached hydrogen (secondary N) is 1. The van der Waals surface area contributed by atoms with Crippen LogP contribution in [0.1, 0.15) is 18.0 Å². The van der Waals surface area contributed by atoms with E-state index in [0.717, 1.165) is 31.1 Å². The molecular weight excluding hydrogens is 288 g/mol. The third-order valence-corrected chi connectivity index (χ3v) is 4.85. The zero-order valence-electron chi connectivity index (χ0n) is 13.3.